The van der Waals surface area contributed by atoms with Gasteiger partial charge in [0.1, 0.15) is 17.2 Å². The zero-order chi connectivity index (χ0) is 14.6. The molecule has 1 aromatic heterocycles. The lowest BCUT2D eigenvalue weighted by Crippen LogP contribution is -2.29. The summed E-state index contributed by atoms with van der Waals surface area (Å²) in [6.07, 6.45) is 7.63. The van der Waals surface area contributed by atoms with Gasteiger partial charge >= 0.3 is 0 Å². The molecule has 112 valence electrons. The van der Waals surface area contributed by atoms with Gasteiger partial charge in [0.2, 0.25) is 0 Å². The van der Waals surface area contributed by atoms with E-state index in [1.165, 1.54) is 0 Å². The Balaban J connectivity index is 1.82. The molecule has 20 heavy (non-hydrogen) atoms. The molecule has 1 unspecified atom stereocenters. The van der Waals surface area contributed by atoms with E-state index in [1.54, 1.807) is 13.3 Å². The van der Waals surface area contributed by atoms with Crippen molar-refractivity contribution in [1.29, 1.82) is 0 Å². The molecule has 0 bridgehead atoms. The molecule has 1 saturated carbocycles. The van der Waals surface area contributed by atoms with Crippen molar-refractivity contribution >= 4 is 17.4 Å². The van der Waals surface area contributed by atoms with Gasteiger partial charge in [0, 0.05) is 17.8 Å². The van der Waals surface area contributed by atoms with E-state index in [2.05, 4.69) is 22.2 Å². The number of hydrogen-bond acceptors (Lipinski definition) is 4. The number of aryl methyl sites for hydroxylation is 1. The second-order valence-electron chi connectivity index (χ2n) is 5.96. The van der Waals surface area contributed by atoms with Crippen LogP contribution in [0.5, 0.6) is 0 Å². The molecule has 1 heterocycles. The average molecular weight is 298 g/mol. The Labute approximate surface area is 126 Å². The minimum atomic E-state index is -1.06. The van der Waals surface area contributed by atoms with Crippen molar-refractivity contribution in [2.24, 2.45) is 5.92 Å². The van der Waals surface area contributed by atoms with Crippen LogP contribution in [0.25, 0.3) is 0 Å². The largest absolute Gasteiger partial charge is 0.375 e. The second-order valence-corrected chi connectivity index (χ2v) is 6.77. The fourth-order valence-corrected chi connectivity index (χ4v) is 3.14. The summed E-state index contributed by atoms with van der Waals surface area (Å²) in [4.78, 5) is 8.49. The van der Waals surface area contributed by atoms with Crippen LogP contribution in [0.2, 0.25) is 0 Å². The summed E-state index contributed by atoms with van der Waals surface area (Å²) in [7, 11) is 0. The summed E-state index contributed by atoms with van der Waals surface area (Å²) in [5.41, 5.74) is 1.06. The van der Waals surface area contributed by atoms with Crippen LogP contribution in [0.1, 0.15) is 51.6 Å². The SMILES string of the molecule is CCc1cc(NC2CCC(CC(C)(O)Cl)CC2)ncn1. The zero-order valence-electron chi connectivity index (χ0n) is 12.3. The summed E-state index contributed by atoms with van der Waals surface area (Å²) in [5, 5.41) is 12.1. The fourth-order valence-electron chi connectivity index (χ4n) is 2.92. The topological polar surface area (TPSA) is 58.0 Å². The Morgan fingerprint density at radius 2 is 2.05 bits per heavy atom. The summed E-state index contributed by atoms with van der Waals surface area (Å²) in [6.45, 7) is 3.77. The molecule has 0 aromatic carbocycles. The standard InChI is InChI=1S/C15H24ClN3O/c1-3-12-8-14(18-10-17-12)19-13-6-4-11(5-7-13)9-15(2,16)20/h8,10-11,13,20H,3-7,9H2,1-2H3,(H,17,18,19). The van der Waals surface area contributed by atoms with Gasteiger partial charge in [0.25, 0.3) is 0 Å². The van der Waals surface area contributed by atoms with E-state index < -0.39 is 5.06 Å². The van der Waals surface area contributed by atoms with E-state index in [4.69, 9.17) is 11.6 Å². The molecule has 1 aliphatic rings. The Hall–Kier alpha value is -0.870. The van der Waals surface area contributed by atoms with Crippen LogP contribution >= 0.6 is 11.6 Å². The van der Waals surface area contributed by atoms with Gasteiger partial charge in [-0.05, 0) is 51.4 Å². The summed E-state index contributed by atoms with van der Waals surface area (Å²) in [5.74, 6) is 1.45. The van der Waals surface area contributed by atoms with E-state index in [0.29, 0.717) is 18.4 Å². The number of aromatic nitrogens is 2. The fraction of sp³-hybridized carbons (Fsp3) is 0.733. The predicted molar refractivity (Wildman–Crippen MR) is 81.9 cm³/mol. The van der Waals surface area contributed by atoms with E-state index in [1.807, 2.05) is 6.07 Å². The summed E-state index contributed by atoms with van der Waals surface area (Å²) >= 11 is 5.89. The third kappa shape index (κ3) is 4.91. The van der Waals surface area contributed by atoms with E-state index in [9.17, 15) is 5.11 Å². The van der Waals surface area contributed by atoms with Crippen LogP contribution in [0.15, 0.2) is 12.4 Å². The second kappa shape index (κ2) is 6.72. The number of hydrogen-bond donors (Lipinski definition) is 2. The number of nitrogens with one attached hydrogen (secondary N) is 1. The van der Waals surface area contributed by atoms with Crippen LogP contribution < -0.4 is 5.32 Å². The first kappa shape index (κ1) is 15.5. The highest BCUT2D eigenvalue weighted by atomic mass is 35.5. The number of alkyl halides is 1. The summed E-state index contributed by atoms with van der Waals surface area (Å²) in [6, 6.07) is 2.49. The van der Waals surface area contributed by atoms with Gasteiger partial charge in [-0.25, -0.2) is 9.97 Å². The van der Waals surface area contributed by atoms with Crippen molar-refractivity contribution in [3.8, 4) is 0 Å². The Morgan fingerprint density at radius 3 is 2.65 bits per heavy atom. The monoisotopic (exact) mass is 297 g/mol. The van der Waals surface area contributed by atoms with Crippen LogP contribution in [0.4, 0.5) is 5.82 Å². The van der Waals surface area contributed by atoms with Gasteiger partial charge in [-0.3, -0.25) is 0 Å². The molecule has 2 rings (SSSR count). The average Bonchev–Trinajstić information content (AvgIpc) is 2.40. The normalized spacial score (nSPS) is 26.0. The van der Waals surface area contributed by atoms with Crippen molar-refractivity contribution in [1.82, 2.24) is 9.97 Å². The first-order valence-corrected chi connectivity index (χ1v) is 7.83. The zero-order valence-corrected chi connectivity index (χ0v) is 13.0. The third-order valence-corrected chi connectivity index (χ3v) is 4.10. The van der Waals surface area contributed by atoms with Gasteiger partial charge in [-0.1, -0.05) is 18.5 Å². The minimum Gasteiger partial charge on any atom is -0.375 e. The molecule has 1 atom stereocenters. The highest BCUT2D eigenvalue weighted by Gasteiger charge is 2.27. The molecule has 1 aliphatic carbocycles. The molecule has 0 radical (unpaired) electrons. The molecule has 4 nitrogen and oxygen atoms in total. The molecule has 0 saturated heterocycles. The minimum absolute atomic E-state index is 0.464. The number of halogens is 1. The Kier molecular flexibility index (Phi) is 5.22. The molecule has 0 amide bonds. The summed E-state index contributed by atoms with van der Waals surface area (Å²) < 4.78 is 0. The molecule has 0 aliphatic heterocycles. The van der Waals surface area contributed by atoms with Crippen molar-refractivity contribution in [3.63, 3.8) is 0 Å². The first-order chi connectivity index (χ1) is 9.46. The van der Waals surface area contributed by atoms with Gasteiger partial charge in [-0.15, -0.1) is 0 Å². The van der Waals surface area contributed by atoms with Gasteiger partial charge in [0.05, 0.1) is 0 Å². The maximum Gasteiger partial charge on any atom is 0.136 e. The number of rotatable bonds is 5. The molecule has 0 spiro atoms. The predicted octanol–water partition coefficient (Wildman–Crippen LogP) is 3.35. The number of anilines is 1. The number of aliphatic hydroxyl groups is 1. The van der Waals surface area contributed by atoms with Crippen molar-refractivity contribution < 1.29 is 5.11 Å². The van der Waals surface area contributed by atoms with E-state index in [0.717, 1.165) is 43.6 Å². The Morgan fingerprint density at radius 1 is 1.35 bits per heavy atom. The lowest BCUT2D eigenvalue weighted by atomic mass is 9.83. The lowest BCUT2D eigenvalue weighted by Gasteiger charge is -2.31. The maximum absolute atomic E-state index is 9.66. The van der Waals surface area contributed by atoms with Crippen molar-refractivity contribution in [3.05, 3.63) is 18.1 Å². The highest BCUT2D eigenvalue weighted by molar-refractivity contribution is 6.22. The molecule has 1 fully saturated rings. The Bertz CT molecular complexity index is 425. The first-order valence-electron chi connectivity index (χ1n) is 7.45. The van der Waals surface area contributed by atoms with Crippen LogP contribution in [-0.4, -0.2) is 26.2 Å². The molecular formula is C15H24ClN3O. The highest BCUT2D eigenvalue weighted by Crippen LogP contribution is 2.33. The van der Waals surface area contributed by atoms with E-state index in [-0.39, 0.29) is 0 Å². The van der Waals surface area contributed by atoms with Crippen LogP contribution in [0, 0.1) is 5.92 Å². The molecule has 1 aromatic rings. The van der Waals surface area contributed by atoms with E-state index >= 15 is 0 Å². The van der Waals surface area contributed by atoms with Crippen molar-refractivity contribution in [2.45, 2.75) is 63.5 Å². The van der Waals surface area contributed by atoms with Gasteiger partial charge in [-0.2, -0.15) is 0 Å². The molecule has 5 heteroatoms. The van der Waals surface area contributed by atoms with Gasteiger partial charge < -0.3 is 10.4 Å². The lowest BCUT2D eigenvalue weighted by molar-refractivity contribution is 0.106. The van der Waals surface area contributed by atoms with Gasteiger partial charge in [0.15, 0.2) is 0 Å². The smallest absolute Gasteiger partial charge is 0.136 e. The van der Waals surface area contributed by atoms with Crippen LogP contribution in [-0.2, 0) is 6.42 Å². The van der Waals surface area contributed by atoms with Crippen LogP contribution in [0.3, 0.4) is 0 Å². The molecule has 2 N–H and O–H groups in total. The molecular weight excluding hydrogens is 274 g/mol. The quantitative estimate of drug-likeness (QED) is 0.818. The maximum atomic E-state index is 9.66. The number of nitrogens with zero attached hydrogens (tertiary/aromatic N) is 2. The third-order valence-electron chi connectivity index (χ3n) is 3.95. The van der Waals surface area contributed by atoms with Crippen molar-refractivity contribution in [2.75, 3.05) is 5.32 Å².